The molecular formula is C20H21ClN6. The molecule has 6 nitrogen and oxygen atoms in total. The summed E-state index contributed by atoms with van der Waals surface area (Å²) in [5, 5.41) is 12.3. The van der Waals surface area contributed by atoms with E-state index >= 15 is 0 Å². The van der Waals surface area contributed by atoms with E-state index in [0.717, 1.165) is 38.4 Å². The minimum atomic E-state index is 0.660. The lowest BCUT2D eigenvalue weighted by atomic mass is 10.2. The average Bonchev–Trinajstić information content (AvgIpc) is 2.71. The summed E-state index contributed by atoms with van der Waals surface area (Å²) in [6.07, 6.45) is 1.63. The highest BCUT2D eigenvalue weighted by molar-refractivity contribution is 6.30. The molecule has 1 aliphatic rings. The van der Waals surface area contributed by atoms with Crippen LogP contribution in [0, 0.1) is 0 Å². The fourth-order valence-corrected chi connectivity index (χ4v) is 3.24. The number of rotatable bonds is 5. The third-order valence-electron chi connectivity index (χ3n) is 4.57. The van der Waals surface area contributed by atoms with Gasteiger partial charge in [-0.15, -0.1) is 5.10 Å². The molecule has 1 aromatic heterocycles. The standard InChI is InChI=1S/C20H21ClN6/c21-17-6-8-18(9-7-17)23-19-14-22-25-20(24-19)27-12-10-26(11-13-27)15-16-4-2-1-3-5-16/h1-9,14H,10-13,15H2,(H,23,24,25). The Morgan fingerprint density at radius 3 is 2.41 bits per heavy atom. The Morgan fingerprint density at radius 1 is 0.926 bits per heavy atom. The molecule has 0 saturated carbocycles. The van der Waals surface area contributed by atoms with Gasteiger partial charge in [-0.2, -0.15) is 10.1 Å². The first kappa shape index (κ1) is 17.7. The molecule has 0 bridgehead atoms. The zero-order chi connectivity index (χ0) is 18.5. The second-order valence-corrected chi connectivity index (χ2v) is 6.96. The third-order valence-corrected chi connectivity index (χ3v) is 4.82. The number of nitrogens with zero attached hydrogens (tertiary/aromatic N) is 5. The fourth-order valence-electron chi connectivity index (χ4n) is 3.12. The van der Waals surface area contributed by atoms with Crippen molar-refractivity contribution in [2.24, 2.45) is 0 Å². The molecule has 1 aliphatic heterocycles. The van der Waals surface area contributed by atoms with Crippen LogP contribution in [-0.2, 0) is 6.54 Å². The molecule has 0 unspecified atom stereocenters. The van der Waals surface area contributed by atoms with Crippen LogP contribution in [0.4, 0.5) is 17.5 Å². The first-order chi connectivity index (χ1) is 13.3. The summed E-state index contributed by atoms with van der Waals surface area (Å²) < 4.78 is 0. The van der Waals surface area contributed by atoms with Crippen molar-refractivity contribution in [3.8, 4) is 0 Å². The minimum absolute atomic E-state index is 0.660. The molecule has 0 aliphatic carbocycles. The van der Waals surface area contributed by atoms with Crippen LogP contribution in [0.1, 0.15) is 5.56 Å². The van der Waals surface area contributed by atoms with E-state index in [1.54, 1.807) is 6.20 Å². The maximum absolute atomic E-state index is 5.93. The van der Waals surface area contributed by atoms with Gasteiger partial charge in [0.15, 0.2) is 5.82 Å². The summed E-state index contributed by atoms with van der Waals surface area (Å²) >= 11 is 5.93. The molecule has 0 amide bonds. The van der Waals surface area contributed by atoms with Gasteiger partial charge < -0.3 is 10.2 Å². The van der Waals surface area contributed by atoms with Gasteiger partial charge in [-0.3, -0.25) is 4.90 Å². The fraction of sp³-hybridized carbons (Fsp3) is 0.250. The molecule has 1 N–H and O–H groups in total. The van der Waals surface area contributed by atoms with E-state index in [1.807, 2.05) is 24.3 Å². The first-order valence-corrected chi connectivity index (χ1v) is 9.37. The molecule has 3 aromatic rings. The molecule has 0 atom stereocenters. The van der Waals surface area contributed by atoms with Crippen LogP contribution in [0.2, 0.25) is 5.02 Å². The van der Waals surface area contributed by atoms with Gasteiger partial charge in [0.05, 0.1) is 6.20 Å². The van der Waals surface area contributed by atoms with Gasteiger partial charge >= 0.3 is 0 Å². The normalized spacial score (nSPS) is 14.9. The molecular weight excluding hydrogens is 360 g/mol. The van der Waals surface area contributed by atoms with Crippen LogP contribution in [0.5, 0.6) is 0 Å². The first-order valence-electron chi connectivity index (χ1n) is 9.00. The summed E-state index contributed by atoms with van der Waals surface area (Å²) in [7, 11) is 0. The van der Waals surface area contributed by atoms with Gasteiger partial charge in [-0.25, -0.2) is 0 Å². The van der Waals surface area contributed by atoms with Gasteiger partial charge in [0.1, 0.15) is 0 Å². The number of hydrogen-bond acceptors (Lipinski definition) is 6. The van der Waals surface area contributed by atoms with Crippen LogP contribution < -0.4 is 10.2 Å². The Bertz CT molecular complexity index is 863. The summed E-state index contributed by atoms with van der Waals surface area (Å²) in [5.74, 6) is 1.34. The second kappa shape index (κ2) is 8.33. The monoisotopic (exact) mass is 380 g/mol. The highest BCUT2D eigenvalue weighted by Gasteiger charge is 2.19. The number of nitrogens with one attached hydrogen (secondary N) is 1. The number of piperazine rings is 1. The molecule has 0 radical (unpaired) electrons. The predicted molar refractivity (Wildman–Crippen MR) is 108 cm³/mol. The Hall–Kier alpha value is -2.70. The highest BCUT2D eigenvalue weighted by atomic mass is 35.5. The van der Waals surface area contributed by atoms with Crippen molar-refractivity contribution in [1.82, 2.24) is 20.1 Å². The molecule has 27 heavy (non-hydrogen) atoms. The van der Waals surface area contributed by atoms with Crippen molar-refractivity contribution in [2.75, 3.05) is 36.4 Å². The lowest BCUT2D eigenvalue weighted by molar-refractivity contribution is 0.248. The van der Waals surface area contributed by atoms with Crippen LogP contribution in [0.3, 0.4) is 0 Å². The third kappa shape index (κ3) is 4.72. The van der Waals surface area contributed by atoms with Crippen LogP contribution in [0.25, 0.3) is 0 Å². The van der Waals surface area contributed by atoms with E-state index < -0.39 is 0 Å². The van der Waals surface area contributed by atoms with Crippen LogP contribution in [0.15, 0.2) is 60.8 Å². The lowest BCUT2D eigenvalue weighted by Gasteiger charge is -2.34. The van der Waals surface area contributed by atoms with Crippen LogP contribution in [-0.4, -0.2) is 46.3 Å². The minimum Gasteiger partial charge on any atom is -0.339 e. The Labute approximate surface area is 163 Å². The molecule has 0 spiro atoms. The summed E-state index contributed by atoms with van der Waals surface area (Å²) in [4.78, 5) is 9.25. The number of aromatic nitrogens is 3. The number of benzene rings is 2. The SMILES string of the molecule is Clc1ccc(Nc2cnnc(N3CCN(Cc4ccccc4)CC3)n2)cc1. The van der Waals surface area contributed by atoms with E-state index in [0.29, 0.717) is 16.8 Å². The summed E-state index contributed by atoms with van der Waals surface area (Å²) in [6.45, 7) is 4.71. The van der Waals surface area contributed by atoms with Crippen molar-refractivity contribution < 1.29 is 0 Å². The molecule has 1 saturated heterocycles. The maximum Gasteiger partial charge on any atom is 0.247 e. The topological polar surface area (TPSA) is 57.2 Å². The Kier molecular flexibility index (Phi) is 5.46. The molecule has 7 heteroatoms. The smallest absolute Gasteiger partial charge is 0.247 e. The van der Waals surface area contributed by atoms with Crippen LogP contribution >= 0.6 is 11.6 Å². The average molecular weight is 381 g/mol. The zero-order valence-electron chi connectivity index (χ0n) is 14.9. The molecule has 138 valence electrons. The van der Waals surface area contributed by atoms with Crippen molar-refractivity contribution in [1.29, 1.82) is 0 Å². The predicted octanol–water partition coefficient (Wildman–Crippen LogP) is 3.59. The molecule has 1 fully saturated rings. The molecule has 2 heterocycles. The maximum atomic E-state index is 5.93. The van der Waals surface area contributed by atoms with E-state index in [-0.39, 0.29) is 0 Å². The van der Waals surface area contributed by atoms with E-state index in [1.165, 1.54) is 5.56 Å². The zero-order valence-corrected chi connectivity index (χ0v) is 15.7. The summed E-state index contributed by atoms with van der Waals surface area (Å²) in [6, 6.07) is 18.1. The van der Waals surface area contributed by atoms with Crippen molar-refractivity contribution >= 4 is 29.1 Å². The van der Waals surface area contributed by atoms with E-state index in [2.05, 4.69) is 60.6 Å². The van der Waals surface area contributed by atoms with Crippen molar-refractivity contribution in [2.45, 2.75) is 6.54 Å². The van der Waals surface area contributed by atoms with Gasteiger partial charge in [-0.05, 0) is 29.8 Å². The Morgan fingerprint density at radius 2 is 1.67 bits per heavy atom. The van der Waals surface area contributed by atoms with Gasteiger partial charge in [0, 0.05) is 43.4 Å². The van der Waals surface area contributed by atoms with E-state index in [9.17, 15) is 0 Å². The van der Waals surface area contributed by atoms with E-state index in [4.69, 9.17) is 11.6 Å². The number of halogens is 1. The lowest BCUT2D eigenvalue weighted by Crippen LogP contribution is -2.46. The summed E-state index contributed by atoms with van der Waals surface area (Å²) in [5.41, 5.74) is 2.26. The quantitative estimate of drug-likeness (QED) is 0.730. The van der Waals surface area contributed by atoms with Gasteiger partial charge in [0.25, 0.3) is 0 Å². The van der Waals surface area contributed by atoms with Gasteiger partial charge in [-0.1, -0.05) is 41.9 Å². The Balaban J connectivity index is 1.36. The number of hydrogen-bond donors (Lipinski definition) is 1. The number of anilines is 3. The molecule has 4 rings (SSSR count). The van der Waals surface area contributed by atoms with Gasteiger partial charge in [0.2, 0.25) is 5.95 Å². The highest BCUT2D eigenvalue weighted by Crippen LogP contribution is 2.19. The largest absolute Gasteiger partial charge is 0.339 e. The molecule has 2 aromatic carbocycles. The second-order valence-electron chi connectivity index (χ2n) is 6.52. The van der Waals surface area contributed by atoms with Crippen molar-refractivity contribution in [3.05, 3.63) is 71.4 Å². The van der Waals surface area contributed by atoms with Crippen molar-refractivity contribution in [3.63, 3.8) is 0 Å².